The molecule has 0 fully saturated rings. The van der Waals surface area contributed by atoms with Gasteiger partial charge >= 0.3 is 0 Å². The van der Waals surface area contributed by atoms with Gasteiger partial charge in [-0.15, -0.1) is 0 Å². The molecular weight excluding hydrogens is 291 g/mol. The molecule has 0 heterocycles. The Kier molecular flexibility index (Phi) is 4.34. The maximum Gasteiger partial charge on any atom is 0.223 e. The van der Waals surface area contributed by atoms with Crippen LogP contribution in [0.1, 0.15) is 5.56 Å². The number of hydrogen-bond donors (Lipinski definition) is 0. The molecule has 0 aliphatic rings. The third-order valence-corrected chi connectivity index (χ3v) is 2.56. The third-order valence-electron chi connectivity index (χ3n) is 1.77. The Bertz CT molecular complexity index is 297. The molecule has 0 unspecified atom stereocenters. The largest absolute Gasteiger partial charge is 0.305 e. The standard InChI is InChI=1S/C10H13IN2O/c1-12(2)7-9-3-5-10(6-4-9)13(11)8-14/h3-6,8H,7H2,1-2H3. The highest BCUT2D eigenvalue weighted by Gasteiger charge is 2.00. The van der Waals surface area contributed by atoms with E-state index in [9.17, 15) is 4.79 Å². The first-order valence-electron chi connectivity index (χ1n) is 4.27. The van der Waals surface area contributed by atoms with Gasteiger partial charge in [-0.1, -0.05) is 12.1 Å². The van der Waals surface area contributed by atoms with Crippen molar-refractivity contribution in [3.05, 3.63) is 29.8 Å². The fraction of sp³-hybridized carbons (Fsp3) is 0.300. The Morgan fingerprint density at radius 3 is 2.29 bits per heavy atom. The molecule has 76 valence electrons. The van der Waals surface area contributed by atoms with E-state index in [1.165, 1.54) is 8.68 Å². The molecule has 0 bridgehead atoms. The number of rotatable bonds is 4. The molecule has 0 aromatic heterocycles. The predicted octanol–water partition coefficient (Wildman–Crippen LogP) is 2.06. The van der Waals surface area contributed by atoms with Crippen LogP contribution < -0.4 is 3.11 Å². The average Bonchev–Trinajstić information content (AvgIpc) is 2.17. The van der Waals surface area contributed by atoms with E-state index < -0.39 is 0 Å². The maximum atomic E-state index is 10.5. The van der Waals surface area contributed by atoms with Gasteiger partial charge in [0.2, 0.25) is 6.41 Å². The number of hydrogen-bond acceptors (Lipinski definition) is 2. The molecule has 0 aliphatic heterocycles. The molecule has 1 aromatic carbocycles. The van der Waals surface area contributed by atoms with Crippen LogP contribution in [0.2, 0.25) is 0 Å². The van der Waals surface area contributed by atoms with Crippen molar-refractivity contribution < 1.29 is 4.79 Å². The minimum absolute atomic E-state index is 0.793. The minimum atomic E-state index is 0.793. The third kappa shape index (κ3) is 3.26. The van der Waals surface area contributed by atoms with Crippen LogP contribution in [-0.2, 0) is 11.3 Å². The molecule has 4 heteroatoms. The van der Waals surface area contributed by atoms with E-state index in [1.807, 2.05) is 61.2 Å². The van der Waals surface area contributed by atoms with Crippen LogP contribution in [0, 0.1) is 0 Å². The van der Waals surface area contributed by atoms with E-state index in [1.54, 1.807) is 0 Å². The summed E-state index contributed by atoms with van der Waals surface area (Å²) in [5.41, 5.74) is 2.15. The second-order valence-corrected chi connectivity index (χ2v) is 4.36. The van der Waals surface area contributed by atoms with Crippen LogP contribution in [0.25, 0.3) is 0 Å². The zero-order valence-corrected chi connectivity index (χ0v) is 10.4. The quantitative estimate of drug-likeness (QED) is 0.483. The molecule has 14 heavy (non-hydrogen) atoms. The Balaban J connectivity index is 2.73. The van der Waals surface area contributed by atoms with Crippen LogP contribution in [0.5, 0.6) is 0 Å². The molecule has 1 rings (SSSR count). The van der Waals surface area contributed by atoms with Gasteiger partial charge in [0.1, 0.15) is 0 Å². The lowest BCUT2D eigenvalue weighted by Gasteiger charge is -2.11. The highest BCUT2D eigenvalue weighted by atomic mass is 127. The first-order chi connectivity index (χ1) is 6.63. The Morgan fingerprint density at radius 2 is 1.86 bits per heavy atom. The predicted molar refractivity (Wildman–Crippen MR) is 66.4 cm³/mol. The lowest BCUT2D eigenvalue weighted by atomic mass is 10.2. The first-order valence-corrected chi connectivity index (χ1v) is 5.24. The fourth-order valence-corrected chi connectivity index (χ4v) is 1.49. The SMILES string of the molecule is CN(C)Cc1ccc(N(I)C=O)cc1. The van der Waals surface area contributed by atoms with Gasteiger partial charge in [-0.25, -0.2) is 0 Å². The van der Waals surface area contributed by atoms with Gasteiger partial charge in [0, 0.05) is 6.54 Å². The summed E-state index contributed by atoms with van der Waals surface area (Å²) >= 11 is 1.96. The Morgan fingerprint density at radius 1 is 1.29 bits per heavy atom. The summed E-state index contributed by atoms with van der Waals surface area (Å²) in [6.07, 6.45) is 0.793. The van der Waals surface area contributed by atoms with Crippen LogP contribution >= 0.6 is 22.9 Å². The van der Waals surface area contributed by atoms with Crippen molar-refractivity contribution in [1.82, 2.24) is 4.90 Å². The van der Waals surface area contributed by atoms with Crippen LogP contribution in [0.4, 0.5) is 5.69 Å². The minimum Gasteiger partial charge on any atom is -0.305 e. The van der Waals surface area contributed by atoms with Gasteiger partial charge < -0.3 is 4.90 Å². The van der Waals surface area contributed by atoms with Crippen molar-refractivity contribution in [3.63, 3.8) is 0 Å². The molecule has 1 aromatic rings. The second kappa shape index (κ2) is 5.31. The molecule has 0 saturated heterocycles. The van der Waals surface area contributed by atoms with Crippen molar-refractivity contribution >= 4 is 35.0 Å². The summed E-state index contributed by atoms with van der Waals surface area (Å²) in [4.78, 5) is 12.6. The number of halogens is 1. The van der Waals surface area contributed by atoms with Crippen molar-refractivity contribution in [2.75, 3.05) is 17.2 Å². The Labute approximate surface area is 98.2 Å². The summed E-state index contributed by atoms with van der Waals surface area (Å²) < 4.78 is 1.52. The first kappa shape index (κ1) is 11.5. The molecule has 0 radical (unpaired) electrons. The fourth-order valence-electron chi connectivity index (χ4n) is 1.17. The summed E-state index contributed by atoms with van der Waals surface area (Å²) in [6, 6.07) is 7.95. The monoisotopic (exact) mass is 304 g/mol. The zero-order valence-electron chi connectivity index (χ0n) is 8.27. The maximum absolute atomic E-state index is 10.5. The lowest BCUT2D eigenvalue weighted by Crippen LogP contribution is -2.11. The summed E-state index contributed by atoms with van der Waals surface area (Å²) in [5, 5.41) is 0. The van der Waals surface area contributed by atoms with E-state index in [4.69, 9.17) is 0 Å². The van der Waals surface area contributed by atoms with Gasteiger partial charge in [-0.2, -0.15) is 0 Å². The van der Waals surface area contributed by atoms with Crippen LogP contribution in [-0.4, -0.2) is 25.4 Å². The molecule has 0 N–H and O–H groups in total. The van der Waals surface area contributed by atoms with Crippen molar-refractivity contribution in [2.24, 2.45) is 0 Å². The van der Waals surface area contributed by atoms with E-state index in [2.05, 4.69) is 4.90 Å². The highest BCUT2D eigenvalue weighted by Crippen LogP contribution is 2.17. The number of benzene rings is 1. The normalized spacial score (nSPS) is 10.3. The summed E-state index contributed by atoms with van der Waals surface area (Å²) in [7, 11) is 4.06. The smallest absolute Gasteiger partial charge is 0.223 e. The molecule has 1 amide bonds. The number of nitrogens with zero attached hydrogens (tertiary/aromatic N) is 2. The summed E-state index contributed by atoms with van der Waals surface area (Å²) in [6.45, 7) is 0.919. The molecule has 0 atom stereocenters. The highest BCUT2D eigenvalue weighted by molar-refractivity contribution is 14.1. The van der Waals surface area contributed by atoms with Crippen molar-refractivity contribution in [1.29, 1.82) is 0 Å². The van der Waals surface area contributed by atoms with Gasteiger partial charge in [-0.05, 0) is 31.8 Å². The molecule has 0 saturated carbocycles. The van der Waals surface area contributed by atoms with Crippen LogP contribution in [0.3, 0.4) is 0 Å². The van der Waals surface area contributed by atoms with Gasteiger partial charge in [-0.3, -0.25) is 7.91 Å². The van der Waals surface area contributed by atoms with E-state index in [-0.39, 0.29) is 0 Å². The van der Waals surface area contributed by atoms with E-state index >= 15 is 0 Å². The number of amides is 1. The van der Waals surface area contributed by atoms with E-state index in [0.29, 0.717) is 0 Å². The summed E-state index contributed by atoms with van der Waals surface area (Å²) in [5.74, 6) is 0. The number of carbonyl (C=O) groups is 1. The number of carbonyl (C=O) groups excluding carboxylic acids is 1. The second-order valence-electron chi connectivity index (χ2n) is 3.32. The molecular formula is C10H13IN2O. The number of anilines is 1. The van der Waals surface area contributed by atoms with Gasteiger partial charge in [0.05, 0.1) is 28.6 Å². The average molecular weight is 304 g/mol. The lowest BCUT2D eigenvalue weighted by molar-refractivity contribution is -0.106. The molecule has 0 spiro atoms. The van der Waals surface area contributed by atoms with Gasteiger partial charge in [0.25, 0.3) is 0 Å². The topological polar surface area (TPSA) is 23.6 Å². The van der Waals surface area contributed by atoms with Crippen LogP contribution in [0.15, 0.2) is 24.3 Å². The van der Waals surface area contributed by atoms with E-state index in [0.717, 1.165) is 18.6 Å². The Hall–Kier alpha value is -0.620. The van der Waals surface area contributed by atoms with Crippen molar-refractivity contribution in [3.8, 4) is 0 Å². The van der Waals surface area contributed by atoms with Crippen molar-refractivity contribution in [2.45, 2.75) is 6.54 Å². The van der Waals surface area contributed by atoms with Gasteiger partial charge in [0.15, 0.2) is 0 Å². The zero-order chi connectivity index (χ0) is 10.6. The molecule has 3 nitrogen and oxygen atoms in total. The molecule has 0 aliphatic carbocycles.